The molecule has 0 aliphatic carbocycles. The van der Waals surface area contributed by atoms with E-state index < -0.39 is 11.8 Å². The van der Waals surface area contributed by atoms with Crippen LogP contribution in [0.1, 0.15) is 24.2 Å². The molecule has 1 N–H and O–H groups in total. The summed E-state index contributed by atoms with van der Waals surface area (Å²) in [6.45, 7) is 4.00. The predicted molar refractivity (Wildman–Crippen MR) is 53.5 cm³/mol. The van der Waals surface area contributed by atoms with Gasteiger partial charge in [-0.15, -0.1) is 0 Å². The maximum atomic E-state index is 12.6. The van der Waals surface area contributed by atoms with E-state index >= 15 is 0 Å². The molecule has 0 aromatic carbocycles. The summed E-state index contributed by atoms with van der Waals surface area (Å²) >= 11 is 0. The second kappa shape index (κ2) is 4.54. The van der Waals surface area contributed by atoms with Gasteiger partial charge in [0.1, 0.15) is 11.4 Å². The van der Waals surface area contributed by atoms with E-state index in [1.54, 1.807) is 0 Å². The number of rotatable bonds is 1. The number of nitrogens with zero attached hydrogens (tertiary/aromatic N) is 2. The molecule has 0 atom stereocenters. The van der Waals surface area contributed by atoms with Crippen LogP contribution >= 0.6 is 0 Å². The van der Waals surface area contributed by atoms with Crippen LogP contribution in [0, 0.1) is 5.82 Å². The molecule has 0 fully saturated rings. The average Bonchev–Trinajstić information content (AvgIpc) is 2.63. The van der Waals surface area contributed by atoms with Crippen molar-refractivity contribution in [2.45, 2.75) is 13.8 Å². The van der Waals surface area contributed by atoms with Crippen molar-refractivity contribution in [3.05, 3.63) is 35.9 Å². The molecule has 2 heterocycles. The van der Waals surface area contributed by atoms with E-state index in [0.717, 1.165) is 6.20 Å². The summed E-state index contributed by atoms with van der Waals surface area (Å²) < 4.78 is 13.8. The Hall–Kier alpha value is -1.91. The summed E-state index contributed by atoms with van der Waals surface area (Å²) in [5.41, 5.74) is 0.453. The van der Waals surface area contributed by atoms with Crippen LogP contribution < -0.4 is 0 Å². The van der Waals surface area contributed by atoms with E-state index in [4.69, 9.17) is 5.11 Å². The van der Waals surface area contributed by atoms with Crippen molar-refractivity contribution in [3.63, 3.8) is 0 Å². The molecule has 4 nitrogen and oxygen atoms in total. The first kappa shape index (κ1) is 11.2. The number of carbonyl (C=O) groups is 1. The van der Waals surface area contributed by atoms with Crippen LogP contribution in [0.2, 0.25) is 0 Å². The van der Waals surface area contributed by atoms with Crippen molar-refractivity contribution in [1.29, 1.82) is 0 Å². The van der Waals surface area contributed by atoms with Gasteiger partial charge in [-0.3, -0.25) is 0 Å². The van der Waals surface area contributed by atoms with Gasteiger partial charge in [-0.1, -0.05) is 13.8 Å². The Labute approximate surface area is 86.0 Å². The van der Waals surface area contributed by atoms with Gasteiger partial charge in [0, 0.05) is 0 Å². The fourth-order valence-electron chi connectivity index (χ4n) is 1.12. The normalized spacial score (nSPS) is 9.53. The number of carboxylic acids is 1. The van der Waals surface area contributed by atoms with Crippen molar-refractivity contribution in [2.75, 3.05) is 0 Å². The van der Waals surface area contributed by atoms with E-state index in [-0.39, 0.29) is 5.56 Å². The quantitative estimate of drug-likeness (QED) is 0.785. The van der Waals surface area contributed by atoms with E-state index in [0.29, 0.717) is 5.52 Å². The van der Waals surface area contributed by atoms with Gasteiger partial charge < -0.3 is 5.11 Å². The lowest BCUT2D eigenvalue weighted by atomic mass is 10.3. The fourth-order valence-corrected chi connectivity index (χ4v) is 1.12. The number of hydrogen-bond acceptors (Lipinski definition) is 2. The lowest BCUT2D eigenvalue weighted by Crippen LogP contribution is -1.95. The zero-order valence-electron chi connectivity index (χ0n) is 8.44. The Kier molecular flexibility index (Phi) is 3.38. The van der Waals surface area contributed by atoms with Crippen molar-refractivity contribution in [2.24, 2.45) is 0 Å². The van der Waals surface area contributed by atoms with Gasteiger partial charge in [-0.2, -0.15) is 5.10 Å². The Balaban J connectivity index is 0.000000531. The smallest absolute Gasteiger partial charge is 0.339 e. The van der Waals surface area contributed by atoms with Crippen LogP contribution in [-0.4, -0.2) is 20.7 Å². The molecule has 0 aliphatic rings. The van der Waals surface area contributed by atoms with Gasteiger partial charge in [-0.25, -0.2) is 13.7 Å². The summed E-state index contributed by atoms with van der Waals surface area (Å²) in [7, 11) is 0. The van der Waals surface area contributed by atoms with E-state index in [1.165, 1.54) is 22.8 Å². The van der Waals surface area contributed by atoms with Gasteiger partial charge >= 0.3 is 5.97 Å². The van der Waals surface area contributed by atoms with Crippen LogP contribution in [0.5, 0.6) is 0 Å². The van der Waals surface area contributed by atoms with Crippen molar-refractivity contribution < 1.29 is 14.3 Å². The average molecular weight is 210 g/mol. The molecule has 5 heteroatoms. The number of fused-ring (bicyclic) bond motifs is 1. The first-order valence-corrected chi connectivity index (χ1v) is 4.54. The SMILES string of the molecule is CC.O=C(O)c1cnn2cc(F)ccc12. The first-order valence-electron chi connectivity index (χ1n) is 4.54. The number of hydrogen-bond donors (Lipinski definition) is 1. The number of carboxylic acid groups (broad SMARTS) is 1. The highest BCUT2D eigenvalue weighted by Gasteiger charge is 2.10. The molecule has 0 radical (unpaired) electrons. The largest absolute Gasteiger partial charge is 0.478 e. The Morgan fingerprint density at radius 3 is 2.73 bits per heavy atom. The second-order valence-corrected chi connectivity index (χ2v) is 2.54. The summed E-state index contributed by atoms with van der Waals surface area (Å²) in [6, 6.07) is 2.58. The molecule has 0 aliphatic heterocycles. The van der Waals surface area contributed by atoms with Gasteiger partial charge in [-0.05, 0) is 12.1 Å². The monoisotopic (exact) mass is 210 g/mol. The summed E-state index contributed by atoms with van der Waals surface area (Å²) in [6.07, 6.45) is 2.32. The van der Waals surface area contributed by atoms with E-state index in [9.17, 15) is 9.18 Å². The molecule has 2 rings (SSSR count). The summed E-state index contributed by atoms with van der Waals surface area (Å²) in [5, 5.41) is 12.4. The zero-order chi connectivity index (χ0) is 11.4. The maximum absolute atomic E-state index is 12.6. The minimum atomic E-state index is -1.07. The van der Waals surface area contributed by atoms with Crippen molar-refractivity contribution in [1.82, 2.24) is 9.61 Å². The third-order valence-electron chi connectivity index (χ3n) is 1.71. The zero-order valence-corrected chi connectivity index (χ0v) is 8.44. The molecule has 0 amide bonds. The molecule has 0 bridgehead atoms. The van der Waals surface area contributed by atoms with E-state index in [2.05, 4.69) is 5.10 Å². The minimum absolute atomic E-state index is 0.0694. The van der Waals surface area contributed by atoms with Crippen molar-refractivity contribution >= 4 is 11.5 Å². The van der Waals surface area contributed by atoms with E-state index in [1.807, 2.05) is 13.8 Å². The Bertz CT molecular complexity index is 479. The maximum Gasteiger partial charge on any atom is 0.339 e. The number of halogens is 1. The molecular formula is C10H11FN2O2. The standard InChI is InChI=1S/C8H5FN2O2.C2H6/c9-5-1-2-7-6(8(12)13)3-10-11(7)4-5;1-2/h1-4H,(H,12,13);1-2H3. The number of aromatic nitrogens is 2. The molecule has 2 aromatic heterocycles. The molecule has 0 spiro atoms. The Morgan fingerprint density at radius 1 is 1.47 bits per heavy atom. The van der Waals surface area contributed by atoms with Crippen LogP contribution in [0.4, 0.5) is 4.39 Å². The van der Waals surface area contributed by atoms with Gasteiger partial charge in [0.25, 0.3) is 0 Å². The van der Waals surface area contributed by atoms with Gasteiger partial charge in [0.15, 0.2) is 0 Å². The van der Waals surface area contributed by atoms with Crippen LogP contribution in [0.25, 0.3) is 5.52 Å². The molecule has 80 valence electrons. The van der Waals surface area contributed by atoms with Crippen molar-refractivity contribution in [3.8, 4) is 0 Å². The molecule has 0 unspecified atom stereocenters. The lowest BCUT2D eigenvalue weighted by Gasteiger charge is -1.93. The molecular weight excluding hydrogens is 199 g/mol. The molecule has 2 aromatic rings. The summed E-state index contributed by atoms with van der Waals surface area (Å²) in [4.78, 5) is 10.6. The highest BCUT2D eigenvalue weighted by molar-refractivity contribution is 5.95. The molecule has 0 saturated carbocycles. The first-order chi connectivity index (χ1) is 7.18. The number of pyridine rings is 1. The molecule has 15 heavy (non-hydrogen) atoms. The van der Waals surface area contributed by atoms with Crippen LogP contribution in [-0.2, 0) is 0 Å². The van der Waals surface area contributed by atoms with Gasteiger partial charge in [0.05, 0.1) is 17.9 Å². The fraction of sp³-hybridized carbons (Fsp3) is 0.200. The third kappa shape index (κ3) is 2.12. The molecule has 0 saturated heterocycles. The predicted octanol–water partition coefficient (Wildman–Crippen LogP) is 2.20. The Morgan fingerprint density at radius 2 is 2.13 bits per heavy atom. The highest BCUT2D eigenvalue weighted by atomic mass is 19.1. The summed E-state index contributed by atoms with van der Waals surface area (Å²) in [5.74, 6) is -1.52. The van der Waals surface area contributed by atoms with Gasteiger partial charge in [0.2, 0.25) is 0 Å². The van der Waals surface area contributed by atoms with Crippen LogP contribution in [0.15, 0.2) is 24.5 Å². The topological polar surface area (TPSA) is 54.6 Å². The lowest BCUT2D eigenvalue weighted by molar-refractivity contribution is 0.0699. The minimum Gasteiger partial charge on any atom is -0.478 e. The second-order valence-electron chi connectivity index (χ2n) is 2.54. The number of aromatic carboxylic acids is 1. The highest BCUT2D eigenvalue weighted by Crippen LogP contribution is 2.10. The third-order valence-corrected chi connectivity index (χ3v) is 1.71. The van der Waals surface area contributed by atoms with Crippen LogP contribution in [0.3, 0.4) is 0 Å².